The fraction of sp³-hybridized carbons (Fsp3) is 0. The second kappa shape index (κ2) is 3.67. The van der Waals surface area contributed by atoms with Gasteiger partial charge >= 0.3 is 0 Å². The van der Waals surface area contributed by atoms with Gasteiger partial charge in [-0.05, 0) is 24.3 Å². The summed E-state index contributed by atoms with van der Waals surface area (Å²) in [6, 6.07) is 6.03. The van der Waals surface area contributed by atoms with E-state index in [0.717, 1.165) is 16.9 Å². The van der Waals surface area contributed by atoms with Crippen LogP contribution in [0.25, 0.3) is 10.6 Å². The average molecular weight is 207 g/mol. The number of rotatable bonds is 2. The molecule has 0 saturated carbocycles. The van der Waals surface area contributed by atoms with Gasteiger partial charge in [-0.3, -0.25) is 4.79 Å². The lowest BCUT2D eigenvalue weighted by Gasteiger charge is -1.93. The minimum atomic E-state index is -0.277. The van der Waals surface area contributed by atoms with Crippen LogP contribution in [0.3, 0.4) is 0 Å². The topological polar surface area (TPSA) is 30.0 Å². The van der Waals surface area contributed by atoms with E-state index in [1.54, 1.807) is 12.1 Å². The summed E-state index contributed by atoms with van der Waals surface area (Å²) in [7, 11) is 0. The number of nitrogens with zero attached hydrogens (tertiary/aromatic N) is 1. The molecule has 0 aliphatic rings. The van der Waals surface area contributed by atoms with Gasteiger partial charge in [-0.15, -0.1) is 11.3 Å². The van der Waals surface area contributed by atoms with E-state index in [9.17, 15) is 9.18 Å². The Labute approximate surface area is 84.0 Å². The first-order valence-electron chi connectivity index (χ1n) is 3.96. The smallest absolute Gasteiger partial charge is 0.161 e. The van der Waals surface area contributed by atoms with E-state index < -0.39 is 0 Å². The van der Waals surface area contributed by atoms with Crippen molar-refractivity contribution in [2.45, 2.75) is 0 Å². The molecule has 0 aliphatic carbocycles. The third kappa shape index (κ3) is 1.70. The van der Waals surface area contributed by atoms with E-state index in [0.29, 0.717) is 4.88 Å². The minimum absolute atomic E-state index is 0.277. The van der Waals surface area contributed by atoms with Crippen LogP contribution in [0.5, 0.6) is 0 Å². The van der Waals surface area contributed by atoms with E-state index >= 15 is 0 Å². The van der Waals surface area contributed by atoms with Crippen molar-refractivity contribution < 1.29 is 9.18 Å². The van der Waals surface area contributed by atoms with Gasteiger partial charge in [-0.25, -0.2) is 9.37 Å². The number of hydrogen-bond donors (Lipinski definition) is 0. The van der Waals surface area contributed by atoms with Crippen LogP contribution in [0.15, 0.2) is 30.5 Å². The Hall–Kier alpha value is -1.55. The number of thiazole rings is 1. The van der Waals surface area contributed by atoms with Gasteiger partial charge in [0.1, 0.15) is 10.8 Å². The van der Waals surface area contributed by atoms with Gasteiger partial charge in [0, 0.05) is 11.8 Å². The minimum Gasteiger partial charge on any atom is -0.297 e. The van der Waals surface area contributed by atoms with Crippen LogP contribution in [0.1, 0.15) is 9.67 Å². The maximum atomic E-state index is 12.6. The Bertz CT molecular complexity index is 449. The van der Waals surface area contributed by atoms with Crippen LogP contribution in [0.2, 0.25) is 0 Å². The molecule has 0 atom stereocenters. The summed E-state index contributed by atoms with van der Waals surface area (Å²) in [5, 5.41) is 0.729. The highest BCUT2D eigenvalue weighted by Gasteiger charge is 2.03. The molecular weight excluding hydrogens is 201 g/mol. The molecule has 2 nitrogen and oxygen atoms in total. The molecule has 1 aromatic carbocycles. The molecule has 2 aromatic rings. The highest BCUT2D eigenvalue weighted by Crippen LogP contribution is 2.24. The predicted molar refractivity (Wildman–Crippen MR) is 52.9 cm³/mol. The summed E-state index contributed by atoms with van der Waals surface area (Å²) in [6.45, 7) is 0. The highest BCUT2D eigenvalue weighted by molar-refractivity contribution is 7.16. The third-order valence-corrected chi connectivity index (χ3v) is 2.70. The first-order valence-corrected chi connectivity index (χ1v) is 4.78. The number of aldehydes is 1. The molecule has 0 N–H and O–H groups in total. The molecule has 4 heteroatoms. The lowest BCUT2D eigenvalue weighted by molar-refractivity contribution is 0.112. The summed E-state index contributed by atoms with van der Waals surface area (Å²) in [4.78, 5) is 15.0. The Morgan fingerprint density at radius 3 is 2.57 bits per heavy atom. The molecular formula is C10H6FNOS. The van der Waals surface area contributed by atoms with Crippen molar-refractivity contribution in [1.82, 2.24) is 4.98 Å². The summed E-state index contributed by atoms with van der Waals surface area (Å²) < 4.78 is 12.6. The number of carbonyl (C=O) groups is 1. The van der Waals surface area contributed by atoms with Crippen molar-refractivity contribution in [3.8, 4) is 10.6 Å². The number of halogens is 1. The number of carbonyl (C=O) groups excluding carboxylic acids is 1. The van der Waals surface area contributed by atoms with Gasteiger partial charge < -0.3 is 0 Å². The Morgan fingerprint density at radius 1 is 1.29 bits per heavy atom. The summed E-state index contributed by atoms with van der Waals surface area (Å²) >= 11 is 1.29. The summed E-state index contributed by atoms with van der Waals surface area (Å²) in [6.07, 6.45) is 2.26. The van der Waals surface area contributed by atoms with Gasteiger partial charge in [0.15, 0.2) is 6.29 Å². The molecule has 70 valence electrons. The van der Waals surface area contributed by atoms with Crippen LogP contribution < -0.4 is 0 Å². The molecule has 0 spiro atoms. The van der Waals surface area contributed by atoms with Crippen LogP contribution in [0.4, 0.5) is 4.39 Å². The second-order valence-corrected chi connectivity index (χ2v) is 3.75. The molecule has 2 rings (SSSR count). The zero-order valence-corrected chi connectivity index (χ0v) is 7.92. The maximum Gasteiger partial charge on any atom is 0.161 e. The lowest BCUT2D eigenvalue weighted by Crippen LogP contribution is -1.76. The zero-order valence-electron chi connectivity index (χ0n) is 7.11. The monoisotopic (exact) mass is 207 g/mol. The molecule has 14 heavy (non-hydrogen) atoms. The first-order chi connectivity index (χ1) is 6.79. The van der Waals surface area contributed by atoms with E-state index in [1.165, 1.54) is 29.7 Å². The van der Waals surface area contributed by atoms with Crippen LogP contribution in [-0.2, 0) is 0 Å². The van der Waals surface area contributed by atoms with E-state index in [-0.39, 0.29) is 5.82 Å². The molecule has 0 amide bonds. The second-order valence-electron chi connectivity index (χ2n) is 2.69. The SMILES string of the molecule is O=Cc1cnc(-c2ccc(F)cc2)s1. The molecule has 0 aliphatic heterocycles. The van der Waals surface area contributed by atoms with Gasteiger partial charge in [0.05, 0.1) is 4.88 Å². The quantitative estimate of drug-likeness (QED) is 0.709. The summed E-state index contributed by atoms with van der Waals surface area (Å²) in [5.74, 6) is -0.277. The zero-order chi connectivity index (χ0) is 9.97. The third-order valence-electron chi connectivity index (χ3n) is 1.73. The van der Waals surface area contributed by atoms with Gasteiger partial charge in [-0.1, -0.05) is 0 Å². The van der Waals surface area contributed by atoms with Crippen molar-refractivity contribution in [2.24, 2.45) is 0 Å². The molecule has 0 fully saturated rings. The van der Waals surface area contributed by atoms with E-state index in [2.05, 4.69) is 4.98 Å². The number of benzene rings is 1. The van der Waals surface area contributed by atoms with Crippen LogP contribution in [0, 0.1) is 5.82 Å². The Kier molecular flexibility index (Phi) is 2.37. The fourth-order valence-electron chi connectivity index (χ4n) is 1.07. The largest absolute Gasteiger partial charge is 0.297 e. The summed E-state index contributed by atoms with van der Waals surface area (Å²) in [5.41, 5.74) is 0.824. The Morgan fingerprint density at radius 2 is 2.00 bits per heavy atom. The van der Waals surface area contributed by atoms with E-state index in [4.69, 9.17) is 0 Å². The average Bonchev–Trinajstić information content (AvgIpc) is 2.67. The van der Waals surface area contributed by atoms with Crippen molar-refractivity contribution in [2.75, 3.05) is 0 Å². The van der Waals surface area contributed by atoms with Crippen molar-refractivity contribution in [3.05, 3.63) is 41.2 Å². The van der Waals surface area contributed by atoms with Crippen molar-refractivity contribution in [1.29, 1.82) is 0 Å². The molecule has 0 radical (unpaired) electrons. The standard InChI is InChI=1S/C10H6FNOS/c11-8-3-1-7(2-4-8)10-12-5-9(6-13)14-10/h1-6H. The number of aromatic nitrogens is 1. The predicted octanol–water partition coefficient (Wildman–Crippen LogP) is 2.76. The van der Waals surface area contributed by atoms with Crippen LogP contribution >= 0.6 is 11.3 Å². The molecule has 1 aromatic heterocycles. The van der Waals surface area contributed by atoms with Crippen molar-refractivity contribution >= 4 is 17.6 Å². The van der Waals surface area contributed by atoms with Gasteiger partial charge in [0.2, 0.25) is 0 Å². The molecule has 0 bridgehead atoms. The molecule has 0 saturated heterocycles. The van der Waals surface area contributed by atoms with Crippen LogP contribution in [-0.4, -0.2) is 11.3 Å². The highest BCUT2D eigenvalue weighted by atomic mass is 32.1. The van der Waals surface area contributed by atoms with Crippen molar-refractivity contribution in [3.63, 3.8) is 0 Å². The normalized spacial score (nSPS) is 10.1. The maximum absolute atomic E-state index is 12.6. The first kappa shape index (κ1) is 9.02. The Balaban J connectivity index is 2.39. The van der Waals surface area contributed by atoms with E-state index in [1.807, 2.05) is 0 Å². The molecule has 1 heterocycles. The van der Waals surface area contributed by atoms with Gasteiger partial charge in [0.25, 0.3) is 0 Å². The fourth-order valence-corrected chi connectivity index (χ4v) is 1.80. The molecule has 0 unspecified atom stereocenters. The lowest BCUT2D eigenvalue weighted by atomic mass is 10.2. The van der Waals surface area contributed by atoms with Gasteiger partial charge in [-0.2, -0.15) is 0 Å². The number of hydrogen-bond acceptors (Lipinski definition) is 3.